The van der Waals surface area contributed by atoms with Gasteiger partial charge in [0.05, 0.1) is 5.35 Å². The van der Waals surface area contributed by atoms with Gasteiger partial charge in [-0.3, -0.25) is 0 Å². The molecule has 0 unspecified atom stereocenters. The quantitative estimate of drug-likeness (QED) is 0.502. The van der Waals surface area contributed by atoms with Crippen molar-refractivity contribution < 1.29 is 0 Å². The first kappa shape index (κ1) is 12.5. The summed E-state index contributed by atoms with van der Waals surface area (Å²) in [7, 11) is 0. The van der Waals surface area contributed by atoms with Crippen LogP contribution in [0.3, 0.4) is 0 Å². The van der Waals surface area contributed by atoms with Crippen LogP contribution in [-0.4, -0.2) is 4.98 Å². The molecule has 1 nitrogen and oxygen atoms in total. The van der Waals surface area contributed by atoms with E-state index in [4.69, 9.17) is 11.6 Å². The van der Waals surface area contributed by atoms with Crippen LogP contribution >= 0.6 is 11.6 Å². The van der Waals surface area contributed by atoms with Gasteiger partial charge in [0.15, 0.2) is 0 Å². The Morgan fingerprint density at radius 1 is 1.19 bits per heavy atom. The third-order valence-corrected chi connectivity index (χ3v) is 2.56. The Balaban J connectivity index is 0.000000606. The predicted octanol–water partition coefficient (Wildman–Crippen LogP) is 2.90. The number of benzene rings is 1. The van der Waals surface area contributed by atoms with Crippen molar-refractivity contribution in [3.63, 3.8) is 0 Å². The van der Waals surface area contributed by atoms with E-state index in [0.29, 0.717) is 5.15 Å². The van der Waals surface area contributed by atoms with Gasteiger partial charge in [-0.2, -0.15) is 0 Å². The van der Waals surface area contributed by atoms with Gasteiger partial charge in [-0.1, -0.05) is 48.5 Å². The molecule has 0 saturated heterocycles. The Labute approximate surface area is 100 Å². The van der Waals surface area contributed by atoms with E-state index in [2.05, 4.69) is 24.7 Å². The van der Waals surface area contributed by atoms with Crippen molar-refractivity contribution in [1.82, 2.24) is 4.98 Å². The monoisotopic (exact) mass is 231 g/mol. The van der Waals surface area contributed by atoms with Crippen molar-refractivity contribution in [2.75, 3.05) is 0 Å². The molecule has 2 heteroatoms. The SMILES string of the molecule is C=C.C=c1nc(Cl)c2ccccc2/c1=C/C. The molecule has 82 valence electrons. The molecule has 0 radical (unpaired) electrons. The molecule has 0 bridgehead atoms. The molecule has 2 aromatic rings. The lowest BCUT2D eigenvalue weighted by atomic mass is 10.1. The van der Waals surface area contributed by atoms with Gasteiger partial charge in [0, 0.05) is 10.6 Å². The van der Waals surface area contributed by atoms with Gasteiger partial charge in [0.25, 0.3) is 0 Å². The molecule has 0 aliphatic carbocycles. The Hall–Kier alpha value is -1.60. The number of fused-ring (bicyclic) bond motifs is 1. The van der Waals surface area contributed by atoms with Crippen LogP contribution < -0.4 is 10.6 Å². The number of hydrogen-bond acceptors (Lipinski definition) is 1. The second-order valence-corrected chi connectivity index (χ2v) is 3.46. The summed E-state index contributed by atoms with van der Waals surface area (Å²) in [6, 6.07) is 7.95. The normalized spacial score (nSPS) is 11.0. The molecular formula is C14H14ClN. The summed E-state index contributed by atoms with van der Waals surface area (Å²) in [4.78, 5) is 4.20. The highest BCUT2D eigenvalue weighted by molar-refractivity contribution is 6.34. The van der Waals surface area contributed by atoms with Crippen LogP contribution in [-0.2, 0) is 0 Å². The van der Waals surface area contributed by atoms with Crippen molar-refractivity contribution in [3.05, 3.63) is 53.1 Å². The average Bonchev–Trinajstić information content (AvgIpc) is 2.32. The molecule has 1 heterocycles. The summed E-state index contributed by atoms with van der Waals surface area (Å²) < 4.78 is 0. The maximum atomic E-state index is 6.03. The van der Waals surface area contributed by atoms with Gasteiger partial charge >= 0.3 is 0 Å². The van der Waals surface area contributed by atoms with Crippen molar-refractivity contribution in [2.45, 2.75) is 6.92 Å². The highest BCUT2D eigenvalue weighted by Crippen LogP contribution is 2.15. The molecule has 1 aromatic carbocycles. The maximum absolute atomic E-state index is 6.03. The molecule has 0 N–H and O–H groups in total. The topological polar surface area (TPSA) is 12.9 Å². The molecule has 2 rings (SSSR count). The maximum Gasteiger partial charge on any atom is 0.137 e. The second kappa shape index (κ2) is 5.47. The highest BCUT2D eigenvalue weighted by atomic mass is 35.5. The lowest BCUT2D eigenvalue weighted by Crippen LogP contribution is -2.27. The molecule has 0 amide bonds. The van der Waals surface area contributed by atoms with Crippen LogP contribution in [0.5, 0.6) is 0 Å². The van der Waals surface area contributed by atoms with Crippen molar-refractivity contribution in [1.29, 1.82) is 0 Å². The summed E-state index contributed by atoms with van der Waals surface area (Å²) in [6.45, 7) is 11.9. The largest absolute Gasteiger partial charge is 0.236 e. The summed E-state index contributed by atoms with van der Waals surface area (Å²) in [6.07, 6.45) is 2.01. The van der Waals surface area contributed by atoms with Gasteiger partial charge in [0.2, 0.25) is 0 Å². The Morgan fingerprint density at radius 3 is 2.31 bits per heavy atom. The highest BCUT2D eigenvalue weighted by Gasteiger charge is 2.00. The van der Waals surface area contributed by atoms with Crippen molar-refractivity contribution >= 4 is 35.0 Å². The number of hydrogen-bond donors (Lipinski definition) is 0. The van der Waals surface area contributed by atoms with Gasteiger partial charge < -0.3 is 0 Å². The van der Waals surface area contributed by atoms with E-state index in [1.165, 1.54) is 0 Å². The zero-order valence-corrected chi connectivity index (χ0v) is 10.1. The minimum Gasteiger partial charge on any atom is -0.236 e. The smallest absolute Gasteiger partial charge is 0.137 e. The van der Waals surface area contributed by atoms with E-state index >= 15 is 0 Å². The number of aromatic nitrogens is 1. The van der Waals surface area contributed by atoms with Crippen LogP contribution in [0.1, 0.15) is 6.92 Å². The van der Waals surface area contributed by atoms with Gasteiger partial charge in [-0.25, -0.2) is 4.98 Å². The van der Waals surface area contributed by atoms with Crippen LogP contribution in [0.4, 0.5) is 0 Å². The van der Waals surface area contributed by atoms with Crippen LogP contribution in [0.15, 0.2) is 37.4 Å². The molecule has 0 spiro atoms. The summed E-state index contributed by atoms with van der Waals surface area (Å²) >= 11 is 6.03. The second-order valence-electron chi connectivity index (χ2n) is 3.10. The van der Waals surface area contributed by atoms with E-state index in [0.717, 1.165) is 21.3 Å². The first-order valence-corrected chi connectivity index (χ1v) is 5.31. The fourth-order valence-corrected chi connectivity index (χ4v) is 1.88. The molecule has 1 aromatic heterocycles. The third kappa shape index (κ3) is 2.15. The third-order valence-electron chi connectivity index (χ3n) is 2.27. The average molecular weight is 232 g/mol. The van der Waals surface area contributed by atoms with Crippen molar-refractivity contribution in [3.8, 4) is 0 Å². The number of halogens is 1. The minimum atomic E-state index is 0.524. The van der Waals surface area contributed by atoms with E-state index in [1.54, 1.807) is 0 Å². The van der Waals surface area contributed by atoms with E-state index in [-0.39, 0.29) is 0 Å². The van der Waals surface area contributed by atoms with E-state index in [9.17, 15) is 0 Å². The molecule has 0 fully saturated rings. The Kier molecular flexibility index (Phi) is 4.27. The fourth-order valence-electron chi connectivity index (χ4n) is 1.61. The summed E-state index contributed by atoms with van der Waals surface area (Å²) in [5.41, 5.74) is 0. The van der Waals surface area contributed by atoms with Gasteiger partial charge in [-0.05, 0) is 12.3 Å². The summed E-state index contributed by atoms with van der Waals surface area (Å²) in [5.74, 6) is 0. The summed E-state index contributed by atoms with van der Waals surface area (Å²) in [5, 5.41) is 4.41. The first-order chi connectivity index (χ1) is 7.74. The van der Waals surface area contributed by atoms with Gasteiger partial charge in [-0.15, -0.1) is 13.2 Å². The molecule has 0 saturated carbocycles. The number of pyridine rings is 1. The number of nitrogens with zero attached hydrogens (tertiary/aromatic N) is 1. The first-order valence-electron chi connectivity index (χ1n) is 4.93. The molecular weight excluding hydrogens is 218 g/mol. The lowest BCUT2D eigenvalue weighted by molar-refractivity contribution is 1.26. The standard InChI is InChI=1S/C12H10ClN.C2H4/c1-3-9-8(2)14-12(13)11-7-5-4-6-10(9)11;1-2/h3-7H,2H2,1H3;1-2H2/b9-3+;. The zero-order chi connectivity index (χ0) is 12.1. The van der Waals surface area contributed by atoms with Crippen LogP contribution in [0.25, 0.3) is 23.4 Å². The predicted molar refractivity (Wildman–Crippen MR) is 72.9 cm³/mol. The van der Waals surface area contributed by atoms with Crippen molar-refractivity contribution in [2.24, 2.45) is 0 Å². The molecule has 0 atom stereocenters. The Morgan fingerprint density at radius 2 is 1.75 bits per heavy atom. The fraction of sp³-hybridized carbons (Fsp3) is 0.0714. The molecule has 0 aliphatic rings. The lowest BCUT2D eigenvalue weighted by Gasteiger charge is -2.00. The van der Waals surface area contributed by atoms with Gasteiger partial charge in [0.1, 0.15) is 5.15 Å². The molecule has 0 aliphatic heterocycles. The minimum absolute atomic E-state index is 0.524. The number of rotatable bonds is 0. The molecule has 16 heavy (non-hydrogen) atoms. The van der Waals surface area contributed by atoms with E-state index in [1.807, 2.05) is 37.3 Å². The Bertz CT molecular complexity index is 602. The van der Waals surface area contributed by atoms with Crippen LogP contribution in [0.2, 0.25) is 5.15 Å². The zero-order valence-electron chi connectivity index (χ0n) is 9.33. The van der Waals surface area contributed by atoms with E-state index < -0.39 is 0 Å². The van der Waals surface area contributed by atoms with Crippen LogP contribution in [0, 0.1) is 0 Å².